The number of benzene rings is 1. The second-order valence-corrected chi connectivity index (χ2v) is 5.45. The summed E-state index contributed by atoms with van der Waals surface area (Å²) in [7, 11) is 1.49. The van der Waals surface area contributed by atoms with Crippen LogP contribution in [0.15, 0.2) is 18.2 Å². The van der Waals surface area contributed by atoms with Gasteiger partial charge in [-0.3, -0.25) is 19.8 Å². The summed E-state index contributed by atoms with van der Waals surface area (Å²) in [6.45, 7) is 1.88. The monoisotopic (exact) mass is 300 g/mol. The summed E-state index contributed by atoms with van der Waals surface area (Å²) in [5.74, 6) is -0.387. The SMILES string of the molecule is CC(NC1CC(=O)N(C)C1=O)c1cc(Cl)ccc1Cl. The van der Waals surface area contributed by atoms with Crippen molar-refractivity contribution >= 4 is 35.0 Å². The first-order valence-electron chi connectivity index (χ1n) is 5.91. The maximum atomic E-state index is 11.8. The number of nitrogens with zero attached hydrogens (tertiary/aromatic N) is 1. The molecule has 102 valence electrons. The average molecular weight is 301 g/mol. The third-order valence-corrected chi connectivity index (χ3v) is 3.84. The highest BCUT2D eigenvalue weighted by atomic mass is 35.5. The van der Waals surface area contributed by atoms with Crippen LogP contribution in [0.5, 0.6) is 0 Å². The van der Waals surface area contributed by atoms with Gasteiger partial charge in [-0.15, -0.1) is 0 Å². The summed E-state index contributed by atoms with van der Waals surface area (Å²) >= 11 is 12.0. The van der Waals surface area contributed by atoms with Gasteiger partial charge < -0.3 is 0 Å². The lowest BCUT2D eigenvalue weighted by molar-refractivity contribution is -0.137. The summed E-state index contributed by atoms with van der Waals surface area (Å²) in [6.07, 6.45) is 0.178. The Morgan fingerprint density at radius 1 is 1.37 bits per heavy atom. The van der Waals surface area contributed by atoms with Crippen LogP contribution in [0.4, 0.5) is 0 Å². The molecule has 2 unspecified atom stereocenters. The van der Waals surface area contributed by atoms with Crippen molar-refractivity contribution in [2.24, 2.45) is 0 Å². The molecule has 2 atom stereocenters. The molecule has 1 aromatic rings. The van der Waals surface area contributed by atoms with Gasteiger partial charge in [0.2, 0.25) is 11.8 Å². The van der Waals surface area contributed by atoms with E-state index in [1.165, 1.54) is 7.05 Å². The van der Waals surface area contributed by atoms with E-state index >= 15 is 0 Å². The molecule has 4 nitrogen and oxygen atoms in total. The first-order valence-corrected chi connectivity index (χ1v) is 6.67. The molecule has 1 N–H and O–H groups in total. The molecule has 2 rings (SSSR count). The minimum Gasteiger partial charge on any atom is -0.299 e. The second kappa shape index (κ2) is 5.49. The molecule has 1 heterocycles. The van der Waals surface area contributed by atoms with E-state index in [-0.39, 0.29) is 24.3 Å². The van der Waals surface area contributed by atoms with Gasteiger partial charge in [0.1, 0.15) is 0 Å². The van der Waals surface area contributed by atoms with E-state index in [1.54, 1.807) is 18.2 Å². The van der Waals surface area contributed by atoms with Crippen molar-refractivity contribution in [3.05, 3.63) is 33.8 Å². The Morgan fingerprint density at radius 2 is 2.05 bits per heavy atom. The van der Waals surface area contributed by atoms with Crippen molar-refractivity contribution in [2.45, 2.75) is 25.4 Å². The molecule has 0 aliphatic carbocycles. The number of nitrogens with one attached hydrogen (secondary N) is 1. The lowest BCUT2D eigenvalue weighted by Gasteiger charge is -2.19. The van der Waals surface area contributed by atoms with Crippen molar-refractivity contribution < 1.29 is 9.59 Å². The fourth-order valence-electron chi connectivity index (χ4n) is 2.12. The Kier molecular flexibility index (Phi) is 4.13. The number of rotatable bonds is 3. The minimum atomic E-state index is -0.498. The molecule has 19 heavy (non-hydrogen) atoms. The van der Waals surface area contributed by atoms with E-state index in [0.29, 0.717) is 10.0 Å². The molecular formula is C13H14Cl2N2O2. The van der Waals surface area contributed by atoms with Gasteiger partial charge in [-0.05, 0) is 30.7 Å². The molecule has 0 radical (unpaired) electrons. The first-order chi connectivity index (χ1) is 8.90. The fraction of sp³-hybridized carbons (Fsp3) is 0.385. The van der Waals surface area contributed by atoms with Crippen molar-refractivity contribution in [1.82, 2.24) is 10.2 Å². The average Bonchev–Trinajstić information content (AvgIpc) is 2.60. The third kappa shape index (κ3) is 2.91. The van der Waals surface area contributed by atoms with Crippen molar-refractivity contribution in [3.63, 3.8) is 0 Å². The Bertz CT molecular complexity index is 533. The zero-order valence-corrected chi connectivity index (χ0v) is 12.1. The number of likely N-dealkylation sites (N-methyl/N-ethyl adjacent to an activating group) is 1. The van der Waals surface area contributed by atoms with Crippen LogP contribution in [-0.2, 0) is 9.59 Å². The number of carbonyl (C=O) groups is 2. The van der Waals surface area contributed by atoms with Crippen LogP contribution >= 0.6 is 23.2 Å². The minimum absolute atomic E-state index is 0.167. The molecule has 1 aliphatic heterocycles. The molecule has 2 amide bonds. The van der Waals surface area contributed by atoms with Crippen molar-refractivity contribution in [1.29, 1.82) is 0 Å². The molecule has 1 aliphatic rings. The van der Waals surface area contributed by atoms with E-state index in [1.807, 2.05) is 6.92 Å². The Labute approximate surface area is 121 Å². The molecule has 0 spiro atoms. The highest BCUT2D eigenvalue weighted by Crippen LogP contribution is 2.27. The van der Waals surface area contributed by atoms with Crippen LogP contribution in [0, 0.1) is 0 Å². The van der Waals surface area contributed by atoms with Gasteiger partial charge in [0, 0.05) is 23.1 Å². The summed E-state index contributed by atoms with van der Waals surface area (Å²) in [4.78, 5) is 24.4. The maximum absolute atomic E-state index is 11.8. The van der Waals surface area contributed by atoms with Crippen molar-refractivity contribution in [3.8, 4) is 0 Å². The Balaban J connectivity index is 2.13. The molecule has 1 saturated heterocycles. The molecule has 0 aromatic heterocycles. The van der Waals surface area contributed by atoms with E-state index in [9.17, 15) is 9.59 Å². The number of carbonyl (C=O) groups excluding carboxylic acids is 2. The zero-order valence-electron chi connectivity index (χ0n) is 10.6. The lowest BCUT2D eigenvalue weighted by Crippen LogP contribution is -2.38. The van der Waals surface area contributed by atoms with E-state index < -0.39 is 6.04 Å². The molecular weight excluding hydrogens is 287 g/mol. The highest BCUT2D eigenvalue weighted by Gasteiger charge is 2.36. The topological polar surface area (TPSA) is 49.4 Å². The number of amides is 2. The Hall–Kier alpha value is -1.10. The van der Waals surface area contributed by atoms with Gasteiger partial charge in [0.05, 0.1) is 12.5 Å². The molecule has 1 fully saturated rings. The number of hydrogen-bond donors (Lipinski definition) is 1. The van der Waals surface area contributed by atoms with Gasteiger partial charge >= 0.3 is 0 Å². The van der Waals surface area contributed by atoms with Crippen LogP contribution < -0.4 is 5.32 Å². The molecule has 0 bridgehead atoms. The Morgan fingerprint density at radius 3 is 2.63 bits per heavy atom. The van der Waals surface area contributed by atoms with Gasteiger partial charge in [-0.2, -0.15) is 0 Å². The molecule has 6 heteroatoms. The van der Waals surface area contributed by atoms with Crippen LogP contribution in [0.1, 0.15) is 24.9 Å². The van der Waals surface area contributed by atoms with Gasteiger partial charge in [0.15, 0.2) is 0 Å². The smallest absolute Gasteiger partial charge is 0.246 e. The third-order valence-electron chi connectivity index (χ3n) is 3.26. The van der Waals surface area contributed by atoms with Crippen LogP contribution in [-0.4, -0.2) is 29.8 Å². The summed E-state index contributed by atoms with van der Waals surface area (Å²) in [5.41, 5.74) is 0.809. The number of hydrogen-bond acceptors (Lipinski definition) is 3. The normalized spacial score (nSPS) is 21.1. The van der Waals surface area contributed by atoms with E-state index in [0.717, 1.165) is 10.5 Å². The van der Waals surface area contributed by atoms with Crippen molar-refractivity contribution in [2.75, 3.05) is 7.05 Å². The fourth-order valence-corrected chi connectivity index (χ4v) is 2.59. The zero-order chi connectivity index (χ0) is 14.2. The quantitative estimate of drug-likeness (QED) is 0.872. The summed E-state index contributed by atoms with van der Waals surface area (Å²) < 4.78 is 0. The van der Waals surface area contributed by atoms with Crippen LogP contribution in [0.2, 0.25) is 10.0 Å². The van der Waals surface area contributed by atoms with E-state index in [2.05, 4.69) is 5.32 Å². The highest BCUT2D eigenvalue weighted by molar-refractivity contribution is 6.33. The standard InChI is InChI=1S/C13H14Cl2N2O2/c1-7(9-5-8(14)3-4-10(9)15)16-11-6-12(18)17(2)13(11)19/h3-5,7,11,16H,6H2,1-2H3. The number of halogens is 2. The van der Waals surface area contributed by atoms with Crippen LogP contribution in [0.25, 0.3) is 0 Å². The maximum Gasteiger partial charge on any atom is 0.246 e. The molecule has 1 aromatic carbocycles. The first kappa shape index (κ1) is 14.3. The summed E-state index contributed by atoms with van der Waals surface area (Å²) in [6, 6.07) is 4.51. The largest absolute Gasteiger partial charge is 0.299 e. The lowest BCUT2D eigenvalue weighted by atomic mass is 10.1. The van der Waals surface area contributed by atoms with Gasteiger partial charge in [0.25, 0.3) is 0 Å². The number of imide groups is 1. The van der Waals surface area contributed by atoms with Gasteiger partial charge in [-0.25, -0.2) is 0 Å². The predicted octanol–water partition coefficient (Wildman–Crippen LogP) is 2.40. The number of likely N-dealkylation sites (tertiary alicyclic amines) is 1. The second-order valence-electron chi connectivity index (χ2n) is 4.60. The van der Waals surface area contributed by atoms with Gasteiger partial charge in [-0.1, -0.05) is 23.2 Å². The summed E-state index contributed by atoms with van der Waals surface area (Å²) in [5, 5.41) is 4.28. The van der Waals surface area contributed by atoms with Crippen LogP contribution in [0.3, 0.4) is 0 Å². The molecule has 0 saturated carbocycles. The predicted molar refractivity (Wildman–Crippen MR) is 74.2 cm³/mol. The van der Waals surface area contributed by atoms with E-state index in [4.69, 9.17) is 23.2 Å².